The molecule has 1 N–H and O–H groups in total. The monoisotopic (exact) mass is 425 g/mol. The van der Waals surface area contributed by atoms with Crippen molar-refractivity contribution in [2.75, 3.05) is 0 Å². The van der Waals surface area contributed by atoms with Gasteiger partial charge in [-0.15, -0.1) is 0 Å². The van der Waals surface area contributed by atoms with Gasteiger partial charge in [0.25, 0.3) is 5.91 Å². The first-order chi connectivity index (χ1) is 14.7. The fourth-order valence-electron chi connectivity index (χ4n) is 5.47. The summed E-state index contributed by atoms with van der Waals surface area (Å²) < 4.78 is 7.50. The maximum absolute atomic E-state index is 12.6. The van der Waals surface area contributed by atoms with Crippen molar-refractivity contribution >= 4 is 18.0 Å². The van der Waals surface area contributed by atoms with Crippen LogP contribution in [-0.2, 0) is 20.9 Å². The zero-order chi connectivity index (χ0) is 22.7. The standard InChI is InChI=1S/C25H35N3O3/c1-6-9-28-15(2)10-21(17(28)4)13-22(14-26)25(30)31-18(5)24(29)27-16(3)23-12-19-7-8-20(23)11-19/h10,13,16,18-20,23H,6-9,11-12H2,1-5H3,(H,27,29)/b22-13+/t16-,18+,19+,20+,23-/m0/s1. The second kappa shape index (κ2) is 9.72. The highest BCUT2D eigenvalue weighted by Gasteiger charge is 2.42. The van der Waals surface area contributed by atoms with Crippen molar-refractivity contribution < 1.29 is 14.3 Å². The van der Waals surface area contributed by atoms with Crippen LogP contribution in [0, 0.1) is 42.9 Å². The van der Waals surface area contributed by atoms with Gasteiger partial charge in [-0.1, -0.05) is 13.3 Å². The highest BCUT2D eigenvalue weighted by atomic mass is 16.5. The number of amides is 1. The number of nitrogens with one attached hydrogen (secondary N) is 1. The molecule has 2 aliphatic rings. The van der Waals surface area contributed by atoms with Crippen molar-refractivity contribution in [1.82, 2.24) is 9.88 Å². The van der Waals surface area contributed by atoms with E-state index in [0.717, 1.165) is 35.8 Å². The summed E-state index contributed by atoms with van der Waals surface area (Å²) in [6.07, 6.45) is 6.65. The van der Waals surface area contributed by atoms with Crippen molar-refractivity contribution in [3.8, 4) is 6.07 Å². The average Bonchev–Trinajstić information content (AvgIpc) is 3.43. The molecule has 168 valence electrons. The molecule has 1 aromatic heterocycles. The van der Waals surface area contributed by atoms with Gasteiger partial charge in [0.05, 0.1) is 0 Å². The van der Waals surface area contributed by atoms with Crippen LogP contribution in [0.2, 0.25) is 0 Å². The van der Waals surface area contributed by atoms with Crippen LogP contribution in [0.4, 0.5) is 0 Å². The van der Waals surface area contributed by atoms with E-state index in [2.05, 4.69) is 16.8 Å². The van der Waals surface area contributed by atoms with Crippen LogP contribution in [0.5, 0.6) is 0 Å². The first kappa shape index (κ1) is 23.1. The maximum atomic E-state index is 12.6. The van der Waals surface area contributed by atoms with Crippen molar-refractivity contribution in [2.45, 2.75) is 85.4 Å². The molecule has 0 spiro atoms. The van der Waals surface area contributed by atoms with E-state index in [-0.39, 0.29) is 17.5 Å². The number of ether oxygens (including phenoxy) is 1. The molecule has 31 heavy (non-hydrogen) atoms. The number of hydrogen-bond donors (Lipinski definition) is 1. The quantitative estimate of drug-likeness (QED) is 0.382. The first-order valence-electron chi connectivity index (χ1n) is 11.5. The van der Waals surface area contributed by atoms with E-state index < -0.39 is 12.1 Å². The number of aromatic nitrogens is 1. The highest BCUT2D eigenvalue weighted by Crippen LogP contribution is 2.49. The number of esters is 1. The van der Waals surface area contributed by atoms with Gasteiger partial charge in [0.2, 0.25) is 0 Å². The smallest absolute Gasteiger partial charge is 0.349 e. The van der Waals surface area contributed by atoms with Crippen molar-refractivity contribution in [3.05, 3.63) is 28.6 Å². The molecular weight excluding hydrogens is 390 g/mol. The maximum Gasteiger partial charge on any atom is 0.349 e. The number of fused-ring (bicyclic) bond motifs is 2. The van der Waals surface area contributed by atoms with Crippen LogP contribution < -0.4 is 5.32 Å². The van der Waals surface area contributed by atoms with Gasteiger partial charge in [-0.25, -0.2) is 4.79 Å². The Labute approximate surface area is 185 Å². The zero-order valence-electron chi connectivity index (χ0n) is 19.4. The van der Waals surface area contributed by atoms with Gasteiger partial charge >= 0.3 is 5.97 Å². The molecule has 5 atom stereocenters. The second-order valence-corrected chi connectivity index (χ2v) is 9.33. The number of carbonyl (C=O) groups excluding carboxylic acids is 2. The molecule has 2 fully saturated rings. The van der Waals surface area contributed by atoms with Gasteiger partial charge in [0.1, 0.15) is 11.6 Å². The molecule has 0 aliphatic heterocycles. The van der Waals surface area contributed by atoms with Gasteiger partial charge in [-0.05, 0) is 88.8 Å². The summed E-state index contributed by atoms with van der Waals surface area (Å²) in [7, 11) is 0. The van der Waals surface area contributed by atoms with E-state index in [9.17, 15) is 14.9 Å². The van der Waals surface area contributed by atoms with Crippen LogP contribution in [0.25, 0.3) is 6.08 Å². The Morgan fingerprint density at radius 3 is 2.65 bits per heavy atom. The van der Waals surface area contributed by atoms with Crippen LogP contribution in [0.15, 0.2) is 11.6 Å². The Bertz CT molecular complexity index is 908. The largest absolute Gasteiger partial charge is 0.448 e. The molecule has 2 bridgehead atoms. The van der Waals surface area contributed by atoms with Crippen LogP contribution >= 0.6 is 0 Å². The minimum absolute atomic E-state index is 0.0684. The number of hydrogen-bond acceptors (Lipinski definition) is 4. The third-order valence-electron chi connectivity index (χ3n) is 7.16. The average molecular weight is 426 g/mol. The topological polar surface area (TPSA) is 84.1 Å². The fourth-order valence-corrected chi connectivity index (χ4v) is 5.47. The van der Waals surface area contributed by atoms with Crippen LogP contribution in [0.1, 0.15) is 69.8 Å². The van der Waals surface area contributed by atoms with Crippen LogP contribution in [-0.4, -0.2) is 28.6 Å². The van der Waals surface area contributed by atoms with Gasteiger partial charge in [0, 0.05) is 24.0 Å². The van der Waals surface area contributed by atoms with Crippen molar-refractivity contribution in [1.29, 1.82) is 5.26 Å². The van der Waals surface area contributed by atoms with Crippen molar-refractivity contribution in [2.24, 2.45) is 17.8 Å². The number of nitrogens with zero attached hydrogens (tertiary/aromatic N) is 2. The normalized spacial score (nSPS) is 24.5. The number of carbonyl (C=O) groups is 2. The minimum atomic E-state index is -0.946. The van der Waals surface area contributed by atoms with E-state index >= 15 is 0 Å². The lowest BCUT2D eigenvalue weighted by Crippen LogP contribution is -2.45. The minimum Gasteiger partial charge on any atom is -0.448 e. The summed E-state index contributed by atoms with van der Waals surface area (Å²) in [5, 5.41) is 12.5. The lowest BCUT2D eigenvalue weighted by atomic mass is 9.84. The van der Waals surface area contributed by atoms with Gasteiger partial charge in [-0.3, -0.25) is 4.79 Å². The molecule has 2 aliphatic carbocycles. The van der Waals surface area contributed by atoms with Gasteiger partial charge in [0.15, 0.2) is 6.10 Å². The summed E-state index contributed by atoms with van der Waals surface area (Å²) in [5.41, 5.74) is 2.81. The molecule has 6 nitrogen and oxygen atoms in total. The Hall–Kier alpha value is -2.55. The van der Waals surface area contributed by atoms with E-state index in [1.54, 1.807) is 13.0 Å². The first-order valence-corrected chi connectivity index (χ1v) is 11.5. The molecular formula is C25H35N3O3. The number of nitriles is 1. The summed E-state index contributed by atoms with van der Waals surface area (Å²) in [4.78, 5) is 25.2. The fraction of sp³-hybridized carbons (Fsp3) is 0.640. The predicted octanol–water partition coefficient (Wildman–Crippen LogP) is 4.29. The Kier molecular flexibility index (Phi) is 7.25. The van der Waals surface area contributed by atoms with Crippen molar-refractivity contribution in [3.63, 3.8) is 0 Å². The third-order valence-corrected chi connectivity index (χ3v) is 7.16. The molecule has 0 unspecified atom stereocenters. The molecule has 0 radical (unpaired) electrons. The molecule has 1 heterocycles. The SMILES string of the molecule is CCCn1c(C)cc(/C=C(\C#N)C(=O)O[C@H](C)C(=O)N[C@@H](C)[C@@H]2C[C@@H]3CC[C@@H]2C3)c1C. The molecule has 2 saturated carbocycles. The highest BCUT2D eigenvalue weighted by molar-refractivity contribution is 5.99. The predicted molar refractivity (Wildman–Crippen MR) is 120 cm³/mol. The van der Waals surface area contributed by atoms with Gasteiger partial charge in [-0.2, -0.15) is 5.26 Å². The lowest BCUT2D eigenvalue weighted by molar-refractivity contribution is -0.151. The summed E-state index contributed by atoms with van der Waals surface area (Å²) in [6, 6.07) is 3.96. The zero-order valence-corrected chi connectivity index (χ0v) is 19.4. The van der Waals surface area contributed by atoms with E-state index in [4.69, 9.17) is 4.74 Å². The molecule has 0 saturated heterocycles. The lowest BCUT2D eigenvalue weighted by Gasteiger charge is -2.29. The number of rotatable bonds is 8. The number of aryl methyl sites for hydroxylation is 1. The summed E-state index contributed by atoms with van der Waals surface area (Å²) in [6.45, 7) is 10.6. The van der Waals surface area contributed by atoms with E-state index in [1.807, 2.05) is 32.9 Å². The summed E-state index contributed by atoms with van der Waals surface area (Å²) >= 11 is 0. The van der Waals surface area contributed by atoms with E-state index in [1.165, 1.54) is 25.7 Å². The third kappa shape index (κ3) is 5.03. The van der Waals surface area contributed by atoms with Crippen LogP contribution in [0.3, 0.4) is 0 Å². The molecule has 6 heteroatoms. The molecule has 0 aromatic carbocycles. The molecule has 3 rings (SSSR count). The van der Waals surface area contributed by atoms with E-state index in [0.29, 0.717) is 11.8 Å². The molecule has 1 aromatic rings. The molecule has 1 amide bonds. The van der Waals surface area contributed by atoms with Gasteiger partial charge < -0.3 is 14.6 Å². The summed E-state index contributed by atoms with van der Waals surface area (Å²) in [5.74, 6) is 0.962. The Balaban J connectivity index is 1.61. The second-order valence-electron chi connectivity index (χ2n) is 9.33. The Morgan fingerprint density at radius 1 is 1.32 bits per heavy atom. The Morgan fingerprint density at radius 2 is 2.06 bits per heavy atom.